The van der Waals surface area contributed by atoms with Crippen LogP contribution in [-0.4, -0.2) is 44.4 Å². The van der Waals surface area contributed by atoms with Gasteiger partial charge in [0.05, 0.1) is 33.8 Å². The number of hydrogen-bond acceptors (Lipinski definition) is 8. The van der Waals surface area contributed by atoms with E-state index in [0.717, 1.165) is 73.5 Å². The minimum absolute atomic E-state index is 0. The Morgan fingerprint density at radius 3 is 1.00 bits per heavy atom. The van der Waals surface area contributed by atoms with Crippen LogP contribution >= 0.6 is 0 Å². The van der Waals surface area contributed by atoms with Crippen LogP contribution in [0.3, 0.4) is 0 Å². The Balaban J connectivity index is 0.000000153. The molecular formula is C97H73Ir4N9-4. The van der Waals surface area contributed by atoms with Gasteiger partial charge in [0.1, 0.15) is 0 Å². The third-order valence-corrected chi connectivity index (χ3v) is 17.3. The summed E-state index contributed by atoms with van der Waals surface area (Å²) in [6, 6.07) is 126. The van der Waals surface area contributed by atoms with Crippen LogP contribution in [0.5, 0.6) is 0 Å². The molecule has 0 saturated heterocycles. The summed E-state index contributed by atoms with van der Waals surface area (Å²) in [6.45, 7) is 6.34. The summed E-state index contributed by atoms with van der Waals surface area (Å²) >= 11 is 0. The third-order valence-electron chi connectivity index (χ3n) is 17.3. The Morgan fingerprint density at radius 1 is 0.227 bits per heavy atom. The molecule has 9 aromatic heterocycles. The van der Waals surface area contributed by atoms with Crippen molar-refractivity contribution in [3.63, 3.8) is 0 Å². The molecule has 9 nitrogen and oxygen atoms in total. The van der Waals surface area contributed by atoms with E-state index in [2.05, 4.69) is 223 Å². The molecular weight excluding hydrogens is 2060 g/mol. The van der Waals surface area contributed by atoms with Crippen LogP contribution in [0.15, 0.2) is 389 Å². The molecule has 18 aromatic rings. The van der Waals surface area contributed by atoms with Crippen LogP contribution in [0.2, 0.25) is 0 Å². The maximum absolute atomic E-state index is 4.52. The van der Waals surface area contributed by atoms with E-state index >= 15 is 0 Å². The Morgan fingerprint density at radius 2 is 0.591 bits per heavy atom. The van der Waals surface area contributed by atoms with Crippen molar-refractivity contribution in [3.8, 4) is 107 Å². The Kier molecular flexibility index (Phi) is 32.3. The van der Waals surface area contributed by atoms with Gasteiger partial charge in [-0.05, 0) is 161 Å². The van der Waals surface area contributed by atoms with E-state index in [0.29, 0.717) is 0 Å². The van der Waals surface area contributed by atoms with Gasteiger partial charge >= 0.3 is 0 Å². The smallest absolute Gasteiger partial charge is 0.0889 e. The molecule has 0 unspecified atom stereocenters. The zero-order valence-electron chi connectivity index (χ0n) is 60.3. The van der Waals surface area contributed by atoms with Crippen LogP contribution in [0.1, 0.15) is 16.7 Å². The second-order valence-corrected chi connectivity index (χ2v) is 24.5. The first-order valence-corrected chi connectivity index (χ1v) is 34.9. The van der Waals surface area contributed by atoms with Crippen molar-refractivity contribution in [3.05, 3.63) is 430 Å². The third kappa shape index (κ3) is 22.1. The molecule has 18 rings (SSSR count). The first kappa shape index (κ1) is 82.6. The van der Waals surface area contributed by atoms with Crippen molar-refractivity contribution < 1.29 is 80.4 Å². The summed E-state index contributed by atoms with van der Waals surface area (Å²) in [4.78, 5) is 35.0. The van der Waals surface area contributed by atoms with Crippen molar-refractivity contribution in [2.75, 3.05) is 0 Å². The first-order valence-electron chi connectivity index (χ1n) is 34.9. The minimum Gasteiger partial charge on any atom is -0.327 e. The van der Waals surface area contributed by atoms with Crippen LogP contribution in [-0.2, 0) is 80.4 Å². The summed E-state index contributed by atoms with van der Waals surface area (Å²) in [5, 5.41) is 2.54. The number of rotatable bonds is 10. The van der Waals surface area contributed by atoms with Gasteiger partial charge in [-0.25, -0.2) is 0 Å². The number of aromatic nitrogens is 9. The molecule has 0 aliphatic carbocycles. The second kappa shape index (κ2) is 42.9. The summed E-state index contributed by atoms with van der Waals surface area (Å²) < 4.78 is 2.31. The zero-order chi connectivity index (χ0) is 72.3. The number of nitrogens with zero attached hydrogens (tertiary/aromatic N) is 9. The molecule has 110 heavy (non-hydrogen) atoms. The quantitative estimate of drug-likeness (QED) is 0.125. The van der Waals surface area contributed by atoms with Gasteiger partial charge in [-0.2, -0.15) is 0 Å². The molecule has 0 aliphatic rings. The van der Waals surface area contributed by atoms with E-state index in [1.54, 1.807) is 24.8 Å². The molecule has 0 bridgehead atoms. The average Bonchev–Trinajstić information content (AvgIpc) is 1.58. The van der Waals surface area contributed by atoms with Crippen molar-refractivity contribution in [1.29, 1.82) is 0 Å². The first-order chi connectivity index (χ1) is 52.4. The standard InChI is InChI=1S/C23H15N2.C18H14N.2C17H14N2.2C11H8N.4Ir/c1-3-13-22-19(10-1)20-11-2-4-14-23(20)25(22)18-9-7-8-17(16-18)21-12-5-6-15-24-21;1-14-7-5-6-10-17(14)16-11-12-19-18(13-16)15-8-3-2-4-9-15;2*1-13-11-17(16-9-5-6-10-18-16)19-12-15(13)14-7-3-2-4-8-14;2*1-2-6-10(7-3-1)11-8-4-5-9-12-11;;;;/h1-7,9-16H;2-8,10-13H,1H3;2*2-12H,1H3;2*1-6,8-9H;;;;/q2*-1;;;2*-1;;;;. The van der Waals surface area contributed by atoms with E-state index in [9.17, 15) is 0 Å². The van der Waals surface area contributed by atoms with Gasteiger partial charge in [-0.3, -0.25) is 19.9 Å². The summed E-state index contributed by atoms with van der Waals surface area (Å²) in [7, 11) is 0. The predicted molar refractivity (Wildman–Crippen MR) is 434 cm³/mol. The molecule has 13 heteroatoms. The minimum atomic E-state index is 0. The van der Waals surface area contributed by atoms with E-state index in [1.165, 1.54) is 71.9 Å². The number of fused-ring (bicyclic) bond motifs is 3. The van der Waals surface area contributed by atoms with Crippen LogP contribution in [0.25, 0.3) is 129 Å². The van der Waals surface area contributed by atoms with Crippen molar-refractivity contribution in [2.45, 2.75) is 20.8 Å². The second-order valence-electron chi connectivity index (χ2n) is 24.5. The number of pyridine rings is 8. The molecule has 0 saturated carbocycles. The zero-order valence-corrected chi connectivity index (χ0v) is 69.9. The molecule has 0 atom stereocenters. The number of aryl methyl sites for hydroxylation is 3. The molecule has 9 aromatic carbocycles. The van der Waals surface area contributed by atoms with E-state index < -0.39 is 0 Å². The van der Waals surface area contributed by atoms with Gasteiger partial charge < -0.3 is 24.5 Å². The SMILES string of the molecule is Cc1cc(-c2ccccn2)ncc1-c1ccccc1.Cc1cc(-c2ccccn2)ncc1-c1ccccc1.Cc1ccccc1-c1ccnc(-c2[c-]cccc2)c1.[Ir].[Ir].[Ir].[Ir].[c-]1ccc(-n2c3ccccc3c3ccccc32)cc1-c1ccccn1.[c-]1ccccc1-c1ccccn1.[c-]1ccccc1-c1ccccn1. The predicted octanol–water partition coefficient (Wildman–Crippen LogP) is 23.5. The van der Waals surface area contributed by atoms with Crippen LogP contribution < -0.4 is 0 Å². The van der Waals surface area contributed by atoms with Gasteiger partial charge in [-0.1, -0.05) is 176 Å². The van der Waals surface area contributed by atoms with Gasteiger partial charge in [0.15, 0.2) is 0 Å². The summed E-state index contributed by atoms with van der Waals surface area (Å²) in [5.41, 5.74) is 26.0. The maximum atomic E-state index is 4.52. The molecule has 0 aliphatic heterocycles. The van der Waals surface area contributed by atoms with E-state index in [1.807, 2.05) is 231 Å². The van der Waals surface area contributed by atoms with E-state index in [4.69, 9.17) is 0 Å². The van der Waals surface area contributed by atoms with Gasteiger partial charge in [0.25, 0.3) is 0 Å². The molecule has 0 spiro atoms. The summed E-state index contributed by atoms with van der Waals surface area (Å²) in [5.74, 6) is 0. The van der Waals surface area contributed by atoms with Crippen molar-refractivity contribution >= 4 is 21.8 Å². The fourth-order valence-electron chi connectivity index (χ4n) is 12.1. The van der Waals surface area contributed by atoms with Gasteiger partial charge in [0.2, 0.25) is 0 Å². The topological polar surface area (TPSA) is 108 Å². The monoisotopic (exact) mass is 2140 g/mol. The normalized spacial score (nSPS) is 10.0. The average molecular weight is 2130 g/mol. The fourth-order valence-corrected chi connectivity index (χ4v) is 12.1. The Hall–Kier alpha value is -11.4. The molecule has 9 heterocycles. The number of benzene rings is 9. The summed E-state index contributed by atoms with van der Waals surface area (Å²) in [6.07, 6.45) is 14.7. The largest absolute Gasteiger partial charge is 0.327 e. The molecule has 4 radical (unpaired) electrons. The van der Waals surface area contributed by atoms with Gasteiger partial charge in [-0.15, -0.1) is 138 Å². The molecule has 0 amide bonds. The maximum Gasteiger partial charge on any atom is 0.0889 e. The number of hydrogen-bond donors (Lipinski definition) is 0. The fraction of sp³-hybridized carbons (Fsp3) is 0.0309. The molecule has 546 valence electrons. The van der Waals surface area contributed by atoms with E-state index in [-0.39, 0.29) is 80.4 Å². The number of para-hydroxylation sites is 2. The molecule has 0 fully saturated rings. The van der Waals surface area contributed by atoms with Crippen LogP contribution in [0, 0.1) is 45.0 Å². The van der Waals surface area contributed by atoms with Gasteiger partial charge in [0, 0.05) is 152 Å². The Bertz CT molecular complexity index is 5400. The van der Waals surface area contributed by atoms with Crippen molar-refractivity contribution in [1.82, 2.24) is 44.4 Å². The van der Waals surface area contributed by atoms with Crippen LogP contribution in [0.4, 0.5) is 0 Å². The molecule has 0 N–H and O–H groups in total. The Labute approximate surface area is 698 Å². The van der Waals surface area contributed by atoms with Crippen molar-refractivity contribution in [2.24, 2.45) is 0 Å².